The summed E-state index contributed by atoms with van der Waals surface area (Å²) in [5.41, 5.74) is 6.81. The monoisotopic (exact) mass is 290 g/mol. The van der Waals surface area contributed by atoms with E-state index in [1.807, 2.05) is 32.9 Å². The zero-order valence-electron chi connectivity index (χ0n) is 12.7. The van der Waals surface area contributed by atoms with E-state index in [1.165, 1.54) is 0 Å². The van der Waals surface area contributed by atoms with Gasteiger partial charge in [0, 0.05) is 30.0 Å². The van der Waals surface area contributed by atoms with Crippen molar-refractivity contribution in [1.82, 2.24) is 10.2 Å². The van der Waals surface area contributed by atoms with Crippen LogP contribution in [0, 0.1) is 0 Å². The fraction of sp³-hybridized carbons (Fsp3) is 0.467. The van der Waals surface area contributed by atoms with Crippen molar-refractivity contribution >= 4 is 23.3 Å². The van der Waals surface area contributed by atoms with Gasteiger partial charge in [-0.1, -0.05) is 0 Å². The Balaban J connectivity index is 1.98. The molecule has 0 atom stereocenters. The van der Waals surface area contributed by atoms with Crippen molar-refractivity contribution in [3.63, 3.8) is 0 Å². The summed E-state index contributed by atoms with van der Waals surface area (Å²) < 4.78 is 0. The van der Waals surface area contributed by atoms with E-state index in [0.29, 0.717) is 18.8 Å². The number of nitrogens with zero attached hydrogens (tertiary/aromatic N) is 2. The number of rotatable bonds is 3. The number of benzene rings is 1. The molecule has 21 heavy (non-hydrogen) atoms. The highest BCUT2D eigenvalue weighted by molar-refractivity contribution is 5.96. The third kappa shape index (κ3) is 3.87. The van der Waals surface area contributed by atoms with Gasteiger partial charge in [0.05, 0.1) is 0 Å². The van der Waals surface area contributed by atoms with Crippen molar-refractivity contribution in [3.05, 3.63) is 24.3 Å². The zero-order chi connectivity index (χ0) is 15.6. The lowest BCUT2D eigenvalue weighted by molar-refractivity contribution is -0.122. The van der Waals surface area contributed by atoms with E-state index in [2.05, 4.69) is 5.32 Å². The van der Waals surface area contributed by atoms with Gasteiger partial charge in [0.2, 0.25) is 5.91 Å². The minimum atomic E-state index is -0.295. The van der Waals surface area contributed by atoms with Crippen molar-refractivity contribution in [2.75, 3.05) is 30.3 Å². The van der Waals surface area contributed by atoms with Crippen LogP contribution in [0.5, 0.6) is 0 Å². The minimum Gasteiger partial charge on any atom is -0.399 e. The molecule has 0 aromatic heterocycles. The molecule has 2 rings (SSSR count). The zero-order valence-corrected chi connectivity index (χ0v) is 12.7. The Morgan fingerprint density at radius 1 is 1.24 bits per heavy atom. The van der Waals surface area contributed by atoms with E-state index in [4.69, 9.17) is 5.73 Å². The molecule has 3 amide bonds. The molecule has 0 bridgehead atoms. The lowest BCUT2D eigenvalue weighted by atomic mass is 10.1. The summed E-state index contributed by atoms with van der Waals surface area (Å²) in [5.74, 6) is -0.144. The number of hydrogen-bond donors (Lipinski definition) is 2. The normalized spacial score (nSPS) is 15.5. The lowest BCUT2D eigenvalue weighted by Crippen LogP contribution is -2.46. The first kappa shape index (κ1) is 15.2. The Labute approximate surface area is 124 Å². The van der Waals surface area contributed by atoms with Crippen LogP contribution in [0.4, 0.5) is 16.2 Å². The van der Waals surface area contributed by atoms with Crippen molar-refractivity contribution in [2.45, 2.75) is 26.3 Å². The largest absolute Gasteiger partial charge is 0.399 e. The summed E-state index contributed by atoms with van der Waals surface area (Å²) in [7, 11) is 0. The molecule has 0 unspecified atom stereocenters. The van der Waals surface area contributed by atoms with Gasteiger partial charge in [-0.15, -0.1) is 0 Å². The van der Waals surface area contributed by atoms with Gasteiger partial charge in [0.25, 0.3) is 0 Å². The van der Waals surface area contributed by atoms with Crippen LogP contribution in [-0.4, -0.2) is 42.0 Å². The van der Waals surface area contributed by atoms with Gasteiger partial charge in [0.1, 0.15) is 6.54 Å². The standard InChI is InChI=1S/C15H22N4O2/c1-15(2,3)17-13(20)10-18-8-9-19(14(18)21)12-6-4-11(16)5-7-12/h4-7H,8-10,16H2,1-3H3,(H,17,20). The Morgan fingerprint density at radius 3 is 2.43 bits per heavy atom. The minimum absolute atomic E-state index is 0.0849. The number of hydrogen-bond acceptors (Lipinski definition) is 3. The molecule has 1 fully saturated rings. The van der Waals surface area contributed by atoms with Crippen molar-refractivity contribution in [1.29, 1.82) is 0 Å². The fourth-order valence-corrected chi connectivity index (χ4v) is 2.25. The van der Waals surface area contributed by atoms with Crippen LogP contribution in [0.15, 0.2) is 24.3 Å². The molecule has 1 saturated heterocycles. The van der Waals surface area contributed by atoms with Crippen molar-refractivity contribution in [2.24, 2.45) is 0 Å². The first-order chi connectivity index (χ1) is 9.76. The molecule has 1 aliphatic rings. The average molecular weight is 290 g/mol. The highest BCUT2D eigenvalue weighted by Gasteiger charge is 2.31. The molecule has 1 aromatic carbocycles. The molecule has 0 spiro atoms. The van der Waals surface area contributed by atoms with E-state index in [-0.39, 0.29) is 24.0 Å². The Bertz CT molecular complexity index is 534. The molecule has 6 heteroatoms. The predicted molar refractivity (Wildman–Crippen MR) is 83.1 cm³/mol. The van der Waals surface area contributed by atoms with Crippen LogP contribution in [-0.2, 0) is 4.79 Å². The van der Waals surface area contributed by atoms with Crippen LogP contribution >= 0.6 is 0 Å². The number of nitrogen functional groups attached to an aromatic ring is 1. The fourth-order valence-electron chi connectivity index (χ4n) is 2.25. The van der Waals surface area contributed by atoms with E-state index >= 15 is 0 Å². The Morgan fingerprint density at radius 2 is 1.86 bits per heavy atom. The lowest BCUT2D eigenvalue weighted by Gasteiger charge is -2.23. The number of nitrogens with one attached hydrogen (secondary N) is 1. The van der Waals surface area contributed by atoms with Gasteiger partial charge in [-0.25, -0.2) is 4.79 Å². The molecule has 6 nitrogen and oxygen atoms in total. The molecule has 1 aromatic rings. The molecule has 1 aliphatic heterocycles. The summed E-state index contributed by atoms with van der Waals surface area (Å²) in [4.78, 5) is 27.5. The second-order valence-corrected chi connectivity index (χ2v) is 6.25. The van der Waals surface area contributed by atoms with Gasteiger partial charge in [-0.2, -0.15) is 0 Å². The number of anilines is 2. The van der Waals surface area contributed by atoms with E-state index in [1.54, 1.807) is 21.9 Å². The summed E-state index contributed by atoms with van der Waals surface area (Å²) in [6.45, 7) is 6.94. The number of carbonyl (C=O) groups is 2. The summed E-state index contributed by atoms with van der Waals surface area (Å²) >= 11 is 0. The molecular formula is C15H22N4O2. The molecular weight excluding hydrogens is 268 g/mol. The quantitative estimate of drug-likeness (QED) is 0.826. The molecule has 0 radical (unpaired) electrons. The first-order valence-electron chi connectivity index (χ1n) is 6.99. The molecule has 114 valence electrons. The highest BCUT2D eigenvalue weighted by Crippen LogP contribution is 2.21. The number of carbonyl (C=O) groups excluding carboxylic acids is 2. The number of urea groups is 1. The second-order valence-electron chi connectivity index (χ2n) is 6.25. The second kappa shape index (κ2) is 5.63. The number of nitrogens with two attached hydrogens (primary N) is 1. The average Bonchev–Trinajstić information content (AvgIpc) is 2.70. The molecule has 0 aliphatic carbocycles. The van der Waals surface area contributed by atoms with Gasteiger partial charge in [-0.3, -0.25) is 9.69 Å². The summed E-state index contributed by atoms with van der Waals surface area (Å²) in [6.07, 6.45) is 0. The maximum absolute atomic E-state index is 12.3. The smallest absolute Gasteiger partial charge is 0.325 e. The maximum Gasteiger partial charge on any atom is 0.325 e. The number of amides is 3. The van der Waals surface area contributed by atoms with Crippen LogP contribution in [0.1, 0.15) is 20.8 Å². The van der Waals surface area contributed by atoms with Crippen molar-refractivity contribution in [3.8, 4) is 0 Å². The van der Waals surface area contributed by atoms with Crippen LogP contribution in [0.3, 0.4) is 0 Å². The topological polar surface area (TPSA) is 78.7 Å². The predicted octanol–water partition coefficient (Wildman–Crippen LogP) is 1.43. The maximum atomic E-state index is 12.3. The van der Waals surface area contributed by atoms with Crippen LogP contribution in [0.25, 0.3) is 0 Å². The van der Waals surface area contributed by atoms with Crippen molar-refractivity contribution < 1.29 is 9.59 Å². The molecule has 0 saturated carbocycles. The van der Waals surface area contributed by atoms with Gasteiger partial charge >= 0.3 is 6.03 Å². The van der Waals surface area contributed by atoms with E-state index in [9.17, 15) is 9.59 Å². The first-order valence-corrected chi connectivity index (χ1v) is 6.99. The third-order valence-corrected chi connectivity index (χ3v) is 3.15. The summed E-state index contributed by atoms with van der Waals surface area (Å²) in [5, 5.41) is 2.86. The van der Waals surface area contributed by atoms with Gasteiger partial charge in [0.15, 0.2) is 0 Å². The van der Waals surface area contributed by atoms with Gasteiger partial charge in [-0.05, 0) is 45.0 Å². The highest BCUT2D eigenvalue weighted by atomic mass is 16.2. The molecule has 3 N–H and O–H groups in total. The SMILES string of the molecule is CC(C)(C)NC(=O)CN1CCN(c2ccc(N)cc2)C1=O. The molecule has 1 heterocycles. The van der Waals surface area contributed by atoms with Crippen LogP contribution in [0.2, 0.25) is 0 Å². The van der Waals surface area contributed by atoms with E-state index < -0.39 is 0 Å². The van der Waals surface area contributed by atoms with Crippen LogP contribution < -0.4 is 16.0 Å². The summed E-state index contributed by atoms with van der Waals surface area (Å²) in [6, 6.07) is 7.00. The third-order valence-electron chi connectivity index (χ3n) is 3.15. The Kier molecular flexibility index (Phi) is 4.06. The Hall–Kier alpha value is -2.24. The van der Waals surface area contributed by atoms with Gasteiger partial charge < -0.3 is 16.0 Å². The van der Waals surface area contributed by atoms with E-state index in [0.717, 1.165) is 5.69 Å².